The summed E-state index contributed by atoms with van der Waals surface area (Å²) in [4.78, 5) is 11.0. The van der Waals surface area contributed by atoms with E-state index in [1.54, 1.807) is 0 Å². The molecule has 0 aliphatic carbocycles. The number of methoxy groups -OCH3 is 1. The molecule has 2 N–H and O–H groups in total. The van der Waals surface area contributed by atoms with Gasteiger partial charge in [0.05, 0.1) is 32.1 Å². The van der Waals surface area contributed by atoms with Gasteiger partial charge in [0.2, 0.25) is 0 Å². The van der Waals surface area contributed by atoms with E-state index in [-0.39, 0.29) is 12.0 Å². The van der Waals surface area contributed by atoms with Crippen LogP contribution in [-0.4, -0.2) is 29.4 Å². The number of nitrogens with zero attached hydrogens (tertiary/aromatic N) is 1. The van der Waals surface area contributed by atoms with Crippen molar-refractivity contribution in [2.24, 2.45) is 0 Å². The van der Waals surface area contributed by atoms with Gasteiger partial charge in [0, 0.05) is 0 Å². The molecule has 1 aromatic carbocycles. The molecule has 0 fully saturated rings. The number of rotatable bonds is 5. The maximum Gasteiger partial charge on any atom is 0.308 e. The molecular formula is C13H14FNO4. The summed E-state index contributed by atoms with van der Waals surface area (Å²) in [6, 6.07) is 5.45. The highest BCUT2D eigenvalue weighted by Gasteiger charge is 2.24. The van der Waals surface area contributed by atoms with Crippen molar-refractivity contribution in [3.63, 3.8) is 0 Å². The Morgan fingerprint density at radius 1 is 1.53 bits per heavy atom. The molecule has 2 atom stereocenters. The molecule has 102 valence electrons. The highest BCUT2D eigenvalue weighted by molar-refractivity contribution is 5.69. The number of esters is 1. The number of hydrogen-bond acceptors (Lipinski definition) is 5. The van der Waals surface area contributed by atoms with Crippen molar-refractivity contribution in [2.75, 3.05) is 7.11 Å². The predicted molar refractivity (Wildman–Crippen MR) is 63.3 cm³/mol. The fraction of sp³-hybridized carbons (Fsp3) is 0.385. The number of hydrogen-bond donors (Lipinski definition) is 2. The van der Waals surface area contributed by atoms with Crippen LogP contribution >= 0.6 is 0 Å². The molecule has 0 aliphatic rings. The highest BCUT2D eigenvalue weighted by Crippen LogP contribution is 2.24. The second kappa shape index (κ2) is 6.83. The van der Waals surface area contributed by atoms with Gasteiger partial charge in [0.15, 0.2) is 0 Å². The molecule has 0 aliphatic heterocycles. The number of halogens is 1. The van der Waals surface area contributed by atoms with Gasteiger partial charge < -0.3 is 14.9 Å². The van der Waals surface area contributed by atoms with Gasteiger partial charge in [0.1, 0.15) is 11.9 Å². The van der Waals surface area contributed by atoms with Crippen molar-refractivity contribution in [3.05, 3.63) is 35.1 Å². The maximum atomic E-state index is 13.2. The maximum absolute atomic E-state index is 13.2. The molecule has 0 heterocycles. The fourth-order valence-corrected chi connectivity index (χ4v) is 1.66. The van der Waals surface area contributed by atoms with Crippen LogP contribution in [0.3, 0.4) is 0 Å². The lowest BCUT2D eigenvalue weighted by molar-refractivity contribution is -0.144. The number of nitriles is 1. The zero-order valence-corrected chi connectivity index (χ0v) is 10.3. The monoisotopic (exact) mass is 267 g/mol. The van der Waals surface area contributed by atoms with Crippen LogP contribution in [0.4, 0.5) is 4.39 Å². The Morgan fingerprint density at radius 3 is 2.79 bits per heavy atom. The molecule has 0 saturated heterocycles. The SMILES string of the molecule is COC(=O)CC(O)C(O)c1cc(F)ccc1CC#N. The van der Waals surface area contributed by atoms with E-state index in [1.165, 1.54) is 6.07 Å². The number of benzene rings is 1. The first-order valence-corrected chi connectivity index (χ1v) is 5.57. The third-order valence-electron chi connectivity index (χ3n) is 2.66. The molecule has 5 nitrogen and oxygen atoms in total. The first-order valence-electron chi connectivity index (χ1n) is 5.57. The average Bonchev–Trinajstić information content (AvgIpc) is 2.39. The molecule has 1 aromatic rings. The minimum atomic E-state index is -1.46. The van der Waals surface area contributed by atoms with Crippen LogP contribution in [-0.2, 0) is 16.0 Å². The Labute approximate surface area is 109 Å². The van der Waals surface area contributed by atoms with Crippen LogP contribution in [0.25, 0.3) is 0 Å². The standard InChI is InChI=1S/C13H14FNO4/c1-19-12(17)7-11(16)13(18)10-6-9(14)3-2-8(10)4-5-15/h2-3,6,11,13,16,18H,4,7H2,1H3. The van der Waals surface area contributed by atoms with Gasteiger partial charge >= 0.3 is 5.97 Å². The van der Waals surface area contributed by atoms with Crippen LogP contribution in [0, 0.1) is 17.1 Å². The lowest BCUT2D eigenvalue weighted by atomic mass is 9.95. The van der Waals surface area contributed by atoms with Crippen LogP contribution < -0.4 is 0 Å². The normalized spacial score (nSPS) is 13.4. The zero-order chi connectivity index (χ0) is 14.4. The Kier molecular flexibility index (Phi) is 5.42. The molecule has 19 heavy (non-hydrogen) atoms. The lowest BCUT2D eigenvalue weighted by Gasteiger charge is -2.19. The quantitative estimate of drug-likeness (QED) is 0.772. The molecule has 0 bridgehead atoms. The third-order valence-corrected chi connectivity index (χ3v) is 2.66. The topological polar surface area (TPSA) is 90.6 Å². The van der Waals surface area contributed by atoms with E-state index in [9.17, 15) is 19.4 Å². The van der Waals surface area contributed by atoms with Crippen molar-refractivity contribution in [1.29, 1.82) is 5.26 Å². The van der Waals surface area contributed by atoms with Crippen LogP contribution in [0.15, 0.2) is 18.2 Å². The van der Waals surface area contributed by atoms with E-state index in [2.05, 4.69) is 4.74 Å². The summed E-state index contributed by atoms with van der Waals surface area (Å²) >= 11 is 0. The molecule has 0 radical (unpaired) electrons. The summed E-state index contributed by atoms with van der Waals surface area (Å²) in [6.07, 6.45) is -3.33. The second-order valence-corrected chi connectivity index (χ2v) is 3.97. The Balaban J connectivity index is 2.97. The number of carbonyl (C=O) groups is 1. The molecule has 6 heteroatoms. The van der Waals surface area contributed by atoms with Gasteiger partial charge in [-0.05, 0) is 23.3 Å². The highest BCUT2D eigenvalue weighted by atomic mass is 19.1. The average molecular weight is 267 g/mol. The minimum absolute atomic E-state index is 0.0301. The first kappa shape index (κ1) is 15.1. The smallest absolute Gasteiger partial charge is 0.308 e. The van der Waals surface area contributed by atoms with Crippen LogP contribution in [0.1, 0.15) is 23.7 Å². The summed E-state index contributed by atoms with van der Waals surface area (Å²) in [7, 11) is 1.16. The third kappa shape index (κ3) is 4.02. The van der Waals surface area contributed by atoms with E-state index in [4.69, 9.17) is 5.26 Å². The number of aliphatic hydroxyl groups excluding tert-OH is 2. The van der Waals surface area contributed by atoms with Crippen molar-refractivity contribution in [3.8, 4) is 6.07 Å². The summed E-state index contributed by atoms with van der Waals surface area (Å²) in [5.74, 6) is -1.29. The molecule has 0 spiro atoms. The van der Waals surface area contributed by atoms with Crippen LogP contribution in [0.5, 0.6) is 0 Å². The number of aliphatic hydroxyl groups is 2. The molecule has 0 amide bonds. The van der Waals surface area contributed by atoms with E-state index < -0.39 is 30.4 Å². The summed E-state index contributed by atoms with van der Waals surface area (Å²) in [6.45, 7) is 0. The molecule has 1 rings (SSSR count). The number of carbonyl (C=O) groups excluding carboxylic acids is 1. The van der Waals surface area contributed by atoms with Crippen molar-refractivity contribution in [1.82, 2.24) is 0 Å². The Bertz CT molecular complexity index is 498. The Hall–Kier alpha value is -1.97. The van der Waals surface area contributed by atoms with Gasteiger partial charge in [-0.3, -0.25) is 4.79 Å². The van der Waals surface area contributed by atoms with Gasteiger partial charge in [-0.25, -0.2) is 4.39 Å². The fourth-order valence-electron chi connectivity index (χ4n) is 1.66. The molecule has 0 saturated carbocycles. The second-order valence-electron chi connectivity index (χ2n) is 3.97. The molecule has 0 aromatic heterocycles. The van der Waals surface area contributed by atoms with E-state index in [1.807, 2.05) is 6.07 Å². The zero-order valence-electron chi connectivity index (χ0n) is 10.3. The summed E-state index contributed by atoms with van der Waals surface area (Å²) < 4.78 is 17.5. The van der Waals surface area contributed by atoms with Gasteiger partial charge in [-0.1, -0.05) is 6.07 Å². The summed E-state index contributed by atoms with van der Waals surface area (Å²) in [5.41, 5.74) is 0.498. The van der Waals surface area contributed by atoms with Gasteiger partial charge in [0.25, 0.3) is 0 Å². The van der Waals surface area contributed by atoms with Gasteiger partial charge in [-0.15, -0.1) is 0 Å². The predicted octanol–water partition coefficient (Wildman–Crippen LogP) is 0.849. The van der Waals surface area contributed by atoms with Crippen molar-refractivity contribution >= 4 is 5.97 Å². The minimum Gasteiger partial charge on any atom is -0.469 e. The largest absolute Gasteiger partial charge is 0.469 e. The van der Waals surface area contributed by atoms with Crippen molar-refractivity contribution in [2.45, 2.75) is 25.0 Å². The summed E-state index contributed by atoms with van der Waals surface area (Å²) in [5, 5.41) is 28.3. The first-order chi connectivity index (χ1) is 8.99. The van der Waals surface area contributed by atoms with Crippen molar-refractivity contribution < 1.29 is 24.1 Å². The van der Waals surface area contributed by atoms with E-state index in [0.29, 0.717) is 5.56 Å². The molecular weight excluding hydrogens is 253 g/mol. The number of ether oxygens (including phenoxy) is 1. The lowest BCUT2D eigenvalue weighted by Crippen LogP contribution is -2.23. The van der Waals surface area contributed by atoms with E-state index in [0.717, 1.165) is 19.2 Å². The molecule has 2 unspecified atom stereocenters. The van der Waals surface area contributed by atoms with E-state index >= 15 is 0 Å². The van der Waals surface area contributed by atoms with Crippen LogP contribution in [0.2, 0.25) is 0 Å². The Morgan fingerprint density at radius 2 is 2.21 bits per heavy atom. The van der Waals surface area contributed by atoms with Gasteiger partial charge in [-0.2, -0.15) is 5.26 Å².